The molecule has 0 spiro atoms. The lowest BCUT2D eigenvalue weighted by molar-refractivity contribution is -0.117. The van der Waals surface area contributed by atoms with Crippen LogP contribution in [0.4, 0.5) is 0 Å². The van der Waals surface area contributed by atoms with Gasteiger partial charge in [-0.15, -0.1) is 0 Å². The third-order valence-corrected chi connectivity index (χ3v) is 3.49. The molecule has 1 heterocycles. The Kier molecular flexibility index (Phi) is 3.19. The largest absolute Gasteiger partial charge is 0.317 e. The lowest BCUT2D eigenvalue weighted by atomic mass is 10.3. The summed E-state index contributed by atoms with van der Waals surface area (Å²) in [5.41, 5.74) is 1.15. The van der Waals surface area contributed by atoms with Gasteiger partial charge in [-0.2, -0.15) is 4.99 Å². The molecule has 0 fully saturated rings. The minimum Gasteiger partial charge on any atom is -0.317 e. The fourth-order valence-electron chi connectivity index (χ4n) is 1.60. The molecule has 2 rings (SSSR count). The average molecular weight is 234 g/mol. The van der Waals surface area contributed by atoms with Crippen molar-refractivity contribution in [3.8, 4) is 0 Å². The Morgan fingerprint density at radius 2 is 2.12 bits per heavy atom. The van der Waals surface area contributed by atoms with Gasteiger partial charge < -0.3 is 4.57 Å². The van der Waals surface area contributed by atoms with E-state index >= 15 is 0 Å². The third kappa shape index (κ3) is 1.93. The van der Waals surface area contributed by atoms with Gasteiger partial charge in [-0.25, -0.2) is 0 Å². The summed E-state index contributed by atoms with van der Waals surface area (Å²) in [7, 11) is 0. The predicted octanol–water partition coefficient (Wildman–Crippen LogP) is 2.56. The van der Waals surface area contributed by atoms with Gasteiger partial charge in [0.2, 0.25) is 5.91 Å². The maximum absolute atomic E-state index is 11.4. The van der Waals surface area contributed by atoms with Crippen molar-refractivity contribution in [2.75, 3.05) is 0 Å². The van der Waals surface area contributed by atoms with E-state index in [1.54, 1.807) is 11.3 Å². The van der Waals surface area contributed by atoms with Crippen molar-refractivity contribution in [3.63, 3.8) is 0 Å². The van der Waals surface area contributed by atoms with Gasteiger partial charge in [0.05, 0.1) is 10.2 Å². The van der Waals surface area contributed by atoms with Gasteiger partial charge in [-0.05, 0) is 19.1 Å². The molecule has 0 radical (unpaired) electrons. The van der Waals surface area contributed by atoms with E-state index in [4.69, 9.17) is 0 Å². The van der Waals surface area contributed by atoms with Crippen LogP contribution in [0.2, 0.25) is 0 Å². The quantitative estimate of drug-likeness (QED) is 0.786. The smallest absolute Gasteiger partial charge is 0.248 e. The summed E-state index contributed by atoms with van der Waals surface area (Å²) in [5.74, 6) is -0.0613. The number of para-hydroxylation sites is 1. The summed E-state index contributed by atoms with van der Waals surface area (Å²) in [6, 6.07) is 8.13. The van der Waals surface area contributed by atoms with Crippen LogP contribution in [-0.4, -0.2) is 10.5 Å². The molecule has 0 saturated carbocycles. The van der Waals surface area contributed by atoms with Crippen molar-refractivity contribution >= 4 is 27.5 Å². The molecule has 1 aromatic carbocycles. The second-order valence-electron chi connectivity index (χ2n) is 3.46. The first kappa shape index (κ1) is 11.1. The molecule has 0 bridgehead atoms. The van der Waals surface area contributed by atoms with Crippen molar-refractivity contribution in [2.45, 2.75) is 26.8 Å². The number of aryl methyl sites for hydroxylation is 1. The second-order valence-corrected chi connectivity index (χ2v) is 4.46. The third-order valence-electron chi connectivity index (χ3n) is 2.43. The Balaban J connectivity index is 2.70. The maximum atomic E-state index is 11.4. The highest BCUT2D eigenvalue weighted by Crippen LogP contribution is 2.16. The van der Waals surface area contributed by atoms with Crippen molar-refractivity contribution < 1.29 is 4.79 Å². The van der Waals surface area contributed by atoms with Gasteiger partial charge in [0.25, 0.3) is 0 Å². The average Bonchev–Trinajstić information content (AvgIpc) is 2.65. The van der Waals surface area contributed by atoms with Crippen LogP contribution in [0.5, 0.6) is 0 Å². The van der Waals surface area contributed by atoms with Gasteiger partial charge in [0, 0.05) is 13.0 Å². The number of hydrogen-bond acceptors (Lipinski definition) is 2. The zero-order valence-corrected chi connectivity index (χ0v) is 10.3. The number of aromatic nitrogens is 1. The number of thiazole rings is 1. The van der Waals surface area contributed by atoms with E-state index in [9.17, 15) is 4.79 Å². The van der Waals surface area contributed by atoms with Crippen molar-refractivity contribution in [1.29, 1.82) is 0 Å². The first-order chi connectivity index (χ1) is 7.76. The number of rotatable bonds is 2. The van der Waals surface area contributed by atoms with Crippen LogP contribution < -0.4 is 4.80 Å². The van der Waals surface area contributed by atoms with Gasteiger partial charge in [-0.1, -0.05) is 30.4 Å². The molecular formula is C12H14N2OS. The van der Waals surface area contributed by atoms with E-state index in [0.717, 1.165) is 16.9 Å². The topological polar surface area (TPSA) is 34.4 Å². The number of carbonyl (C=O) groups is 1. The van der Waals surface area contributed by atoms with E-state index in [2.05, 4.69) is 28.6 Å². The van der Waals surface area contributed by atoms with E-state index in [1.165, 1.54) is 4.70 Å². The van der Waals surface area contributed by atoms with E-state index in [1.807, 2.05) is 19.1 Å². The fourth-order valence-corrected chi connectivity index (χ4v) is 2.71. The van der Waals surface area contributed by atoms with Gasteiger partial charge in [0.1, 0.15) is 0 Å². The molecule has 1 aromatic heterocycles. The normalized spacial score (nSPS) is 12.2. The number of amides is 1. The highest BCUT2D eigenvalue weighted by atomic mass is 32.1. The molecule has 2 aromatic rings. The lowest BCUT2D eigenvalue weighted by Gasteiger charge is -1.98. The molecule has 16 heavy (non-hydrogen) atoms. The van der Waals surface area contributed by atoms with Crippen molar-refractivity contribution in [1.82, 2.24) is 4.57 Å². The van der Waals surface area contributed by atoms with Crippen LogP contribution in [0.25, 0.3) is 10.2 Å². The van der Waals surface area contributed by atoms with Crippen molar-refractivity contribution in [2.24, 2.45) is 4.99 Å². The predicted molar refractivity (Wildman–Crippen MR) is 66.4 cm³/mol. The molecular weight excluding hydrogens is 220 g/mol. The van der Waals surface area contributed by atoms with E-state index < -0.39 is 0 Å². The lowest BCUT2D eigenvalue weighted by Crippen LogP contribution is -2.15. The molecule has 4 heteroatoms. The van der Waals surface area contributed by atoms with Crippen LogP contribution in [-0.2, 0) is 11.3 Å². The Morgan fingerprint density at radius 1 is 1.38 bits per heavy atom. The molecule has 0 aliphatic rings. The minimum atomic E-state index is -0.0613. The summed E-state index contributed by atoms with van der Waals surface area (Å²) < 4.78 is 3.25. The highest BCUT2D eigenvalue weighted by molar-refractivity contribution is 7.16. The summed E-state index contributed by atoms with van der Waals surface area (Å²) in [5, 5.41) is 0. The van der Waals surface area contributed by atoms with Crippen LogP contribution >= 0.6 is 11.3 Å². The molecule has 1 amide bonds. The second kappa shape index (κ2) is 4.61. The Morgan fingerprint density at radius 3 is 2.81 bits per heavy atom. The van der Waals surface area contributed by atoms with Crippen molar-refractivity contribution in [3.05, 3.63) is 29.1 Å². The number of nitrogens with zero attached hydrogens (tertiary/aromatic N) is 2. The number of benzene rings is 1. The van der Waals surface area contributed by atoms with Crippen LogP contribution in [0.1, 0.15) is 20.3 Å². The van der Waals surface area contributed by atoms with Crippen LogP contribution in [0, 0.1) is 0 Å². The summed E-state index contributed by atoms with van der Waals surface area (Å²) in [4.78, 5) is 16.3. The molecule has 3 nitrogen and oxygen atoms in total. The van der Waals surface area contributed by atoms with E-state index in [-0.39, 0.29) is 5.91 Å². The summed E-state index contributed by atoms with van der Waals surface area (Å²) in [6.07, 6.45) is 0.456. The number of carbonyl (C=O) groups excluding carboxylic acids is 1. The van der Waals surface area contributed by atoms with Crippen LogP contribution in [0.15, 0.2) is 29.3 Å². The zero-order chi connectivity index (χ0) is 11.5. The van der Waals surface area contributed by atoms with Crippen LogP contribution in [0.3, 0.4) is 0 Å². The molecule has 0 atom stereocenters. The molecule has 0 N–H and O–H groups in total. The monoisotopic (exact) mass is 234 g/mol. The first-order valence-electron chi connectivity index (χ1n) is 5.42. The minimum absolute atomic E-state index is 0.0613. The van der Waals surface area contributed by atoms with Gasteiger partial charge in [-0.3, -0.25) is 4.79 Å². The summed E-state index contributed by atoms with van der Waals surface area (Å²) in [6.45, 7) is 4.73. The number of hydrogen-bond donors (Lipinski definition) is 0. The first-order valence-corrected chi connectivity index (χ1v) is 6.23. The van der Waals surface area contributed by atoms with E-state index in [0.29, 0.717) is 6.42 Å². The Hall–Kier alpha value is -1.42. The standard InChI is InChI=1S/C12H14N2OS/c1-3-11(15)13-12-14(4-2)9-7-5-6-8-10(9)16-12/h5-8H,3-4H2,1-2H3. The Bertz CT molecular complexity index is 580. The van der Waals surface area contributed by atoms with Gasteiger partial charge >= 0.3 is 0 Å². The SMILES string of the molecule is CCC(=O)N=c1sc2ccccc2n1CC. The highest BCUT2D eigenvalue weighted by Gasteiger charge is 2.04. The maximum Gasteiger partial charge on any atom is 0.248 e. The molecule has 0 saturated heterocycles. The summed E-state index contributed by atoms with van der Waals surface area (Å²) >= 11 is 1.57. The Labute approximate surface area is 98.1 Å². The molecule has 0 aliphatic heterocycles. The molecule has 0 aliphatic carbocycles. The van der Waals surface area contributed by atoms with Gasteiger partial charge in [0.15, 0.2) is 4.80 Å². The molecule has 0 unspecified atom stereocenters. The zero-order valence-electron chi connectivity index (χ0n) is 9.43. The fraction of sp³-hybridized carbons (Fsp3) is 0.333. The number of fused-ring (bicyclic) bond motifs is 1. The molecule has 84 valence electrons.